The van der Waals surface area contributed by atoms with Crippen LogP contribution in [0.15, 0.2) is 53.3 Å². The molecule has 1 aliphatic heterocycles. The van der Waals surface area contributed by atoms with Gasteiger partial charge in [-0.15, -0.1) is 0 Å². The topological polar surface area (TPSA) is 84.2 Å². The van der Waals surface area contributed by atoms with Crippen LogP contribution in [0, 0.1) is 17.6 Å². The molecule has 2 aromatic heterocycles. The monoisotopic (exact) mass is 469 g/mol. The minimum Gasteiger partial charge on any atom is -0.355 e. The molecule has 1 saturated heterocycles. The molecule has 0 spiro atoms. The summed E-state index contributed by atoms with van der Waals surface area (Å²) < 4.78 is 32.2. The highest BCUT2D eigenvalue weighted by Crippen LogP contribution is 2.35. The lowest BCUT2D eigenvalue weighted by atomic mass is 9.96. The standard InChI is InChI=1S/C23H18ClF2N5O2/c24-17-10-16(7-8-18(17)26)29-22(32)14-2-1-9-31(11-14)21-19-20(13-3-5-15(25)6-4-13)30-33-23(19)28-12-27-21/h3-8,10,12,14H,1-2,9,11H2,(H,29,32). The molecule has 0 bridgehead atoms. The zero-order valence-electron chi connectivity index (χ0n) is 17.3. The number of carbonyl (C=O) groups excluding carboxylic acids is 1. The number of benzene rings is 2. The first-order valence-electron chi connectivity index (χ1n) is 10.4. The quantitative estimate of drug-likeness (QED) is 0.449. The third-order valence-electron chi connectivity index (χ3n) is 5.65. The van der Waals surface area contributed by atoms with Crippen molar-refractivity contribution in [2.24, 2.45) is 5.92 Å². The van der Waals surface area contributed by atoms with Crippen LogP contribution in [0.2, 0.25) is 5.02 Å². The van der Waals surface area contributed by atoms with Crippen molar-refractivity contribution in [3.8, 4) is 11.3 Å². The van der Waals surface area contributed by atoms with Crippen molar-refractivity contribution in [2.45, 2.75) is 12.8 Å². The van der Waals surface area contributed by atoms with Crippen molar-refractivity contribution in [2.75, 3.05) is 23.3 Å². The number of hydrogen-bond acceptors (Lipinski definition) is 6. The lowest BCUT2D eigenvalue weighted by molar-refractivity contribution is -0.120. The average molecular weight is 470 g/mol. The molecule has 1 unspecified atom stereocenters. The molecule has 2 aromatic carbocycles. The van der Waals surface area contributed by atoms with Gasteiger partial charge in [-0.2, -0.15) is 4.98 Å². The van der Waals surface area contributed by atoms with Crippen LogP contribution in [-0.4, -0.2) is 34.1 Å². The molecule has 168 valence electrons. The van der Waals surface area contributed by atoms with E-state index in [2.05, 4.69) is 20.4 Å². The fourth-order valence-corrected chi connectivity index (χ4v) is 4.20. The molecule has 5 rings (SSSR count). The molecule has 1 N–H and O–H groups in total. The Labute approximate surface area is 192 Å². The van der Waals surface area contributed by atoms with E-state index in [1.54, 1.807) is 12.1 Å². The zero-order valence-corrected chi connectivity index (χ0v) is 18.0. The predicted molar refractivity (Wildman–Crippen MR) is 120 cm³/mol. The number of nitrogens with one attached hydrogen (secondary N) is 1. The number of piperidine rings is 1. The number of nitrogens with zero attached hydrogens (tertiary/aromatic N) is 4. The Kier molecular flexibility index (Phi) is 5.63. The predicted octanol–water partition coefficient (Wildman–Crippen LogP) is 5.07. The highest BCUT2D eigenvalue weighted by molar-refractivity contribution is 6.31. The first-order valence-corrected chi connectivity index (χ1v) is 10.7. The number of anilines is 2. The number of carbonyl (C=O) groups is 1. The molecule has 1 amide bonds. The van der Waals surface area contributed by atoms with Crippen molar-refractivity contribution in [3.63, 3.8) is 0 Å². The fraction of sp³-hybridized carbons (Fsp3) is 0.217. The Bertz CT molecular complexity index is 1330. The lowest BCUT2D eigenvalue weighted by Crippen LogP contribution is -2.41. The SMILES string of the molecule is O=C(Nc1ccc(F)c(Cl)c1)C1CCCN(c2ncnc3onc(-c4ccc(F)cc4)c23)C1. The van der Waals surface area contributed by atoms with E-state index in [-0.39, 0.29) is 22.7 Å². The van der Waals surface area contributed by atoms with Crippen LogP contribution in [0.3, 0.4) is 0 Å². The molecule has 10 heteroatoms. The average Bonchev–Trinajstić information content (AvgIpc) is 3.26. The van der Waals surface area contributed by atoms with Crippen LogP contribution < -0.4 is 10.2 Å². The molecule has 7 nitrogen and oxygen atoms in total. The van der Waals surface area contributed by atoms with Gasteiger partial charge in [-0.05, 0) is 55.3 Å². The van der Waals surface area contributed by atoms with Gasteiger partial charge in [0, 0.05) is 24.3 Å². The Morgan fingerprint density at radius 1 is 1.15 bits per heavy atom. The molecule has 1 fully saturated rings. The number of hydrogen-bond donors (Lipinski definition) is 1. The molecule has 0 saturated carbocycles. The molecular weight excluding hydrogens is 452 g/mol. The van der Waals surface area contributed by atoms with Crippen molar-refractivity contribution in [1.29, 1.82) is 0 Å². The maximum absolute atomic E-state index is 13.4. The van der Waals surface area contributed by atoms with E-state index in [4.69, 9.17) is 16.1 Å². The molecule has 33 heavy (non-hydrogen) atoms. The van der Waals surface area contributed by atoms with Crippen LogP contribution >= 0.6 is 11.6 Å². The summed E-state index contributed by atoms with van der Waals surface area (Å²) in [6, 6.07) is 10.00. The summed E-state index contributed by atoms with van der Waals surface area (Å²) >= 11 is 5.82. The third-order valence-corrected chi connectivity index (χ3v) is 5.94. The summed E-state index contributed by atoms with van der Waals surface area (Å²) in [4.78, 5) is 23.5. The van der Waals surface area contributed by atoms with Crippen molar-refractivity contribution < 1.29 is 18.1 Å². The third kappa shape index (κ3) is 4.23. The van der Waals surface area contributed by atoms with Crippen LogP contribution in [0.25, 0.3) is 22.4 Å². The number of rotatable bonds is 4. The molecule has 1 aliphatic rings. The summed E-state index contributed by atoms with van der Waals surface area (Å²) in [5.41, 5.74) is 1.93. The molecule has 0 aliphatic carbocycles. The highest BCUT2D eigenvalue weighted by atomic mass is 35.5. The van der Waals surface area contributed by atoms with Gasteiger partial charge in [0.05, 0.1) is 10.9 Å². The minimum absolute atomic E-state index is 0.0535. The number of fused-ring (bicyclic) bond motifs is 1. The second kappa shape index (κ2) is 8.74. The zero-order chi connectivity index (χ0) is 22.9. The second-order valence-electron chi connectivity index (χ2n) is 7.82. The van der Waals surface area contributed by atoms with Gasteiger partial charge in [0.2, 0.25) is 5.91 Å². The lowest BCUT2D eigenvalue weighted by Gasteiger charge is -2.33. The van der Waals surface area contributed by atoms with E-state index in [9.17, 15) is 13.6 Å². The van der Waals surface area contributed by atoms with Crippen molar-refractivity contribution >= 4 is 40.1 Å². The van der Waals surface area contributed by atoms with E-state index < -0.39 is 5.82 Å². The van der Waals surface area contributed by atoms with Crippen molar-refractivity contribution in [3.05, 3.63) is 65.4 Å². The van der Waals surface area contributed by atoms with E-state index in [1.165, 1.54) is 36.7 Å². The second-order valence-corrected chi connectivity index (χ2v) is 8.23. The Balaban J connectivity index is 1.41. The van der Waals surface area contributed by atoms with Gasteiger partial charge in [-0.25, -0.2) is 13.8 Å². The summed E-state index contributed by atoms with van der Waals surface area (Å²) in [6.07, 6.45) is 2.85. The first kappa shape index (κ1) is 21.3. The molecule has 0 radical (unpaired) electrons. The summed E-state index contributed by atoms with van der Waals surface area (Å²) in [5.74, 6) is -0.798. The summed E-state index contributed by atoms with van der Waals surface area (Å²) in [5, 5.41) is 7.49. The van der Waals surface area contributed by atoms with Gasteiger partial charge in [-0.3, -0.25) is 4.79 Å². The molecule has 3 heterocycles. The Morgan fingerprint density at radius 3 is 2.76 bits per heavy atom. The molecule has 4 aromatic rings. The van der Waals surface area contributed by atoms with Gasteiger partial charge >= 0.3 is 0 Å². The normalized spacial score (nSPS) is 16.2. The van der Waals surface area contributed by atoms with E-state index >= 15 is 0 Å². The smallest absolute Gasteiger partial charge is 0.263 e. The van der Waals surface area contributed by atoms with E-state index in [0.29, 0.717) is 53.4 Å². The minimum atomic E-state index is -0.544. The first-order chi connectivity index (χ1) is 16.0. The highest BCUT2D eigenvalue weighted by Gasteiger charge is 2.29. The largest absolute Gasteiger partial charge is 0.355 e. The molecular formula is C23H18ClF2N5O2. The summed E-state index contributed by atoms with van der Waals surface area (Å²) in [7, 11) is 0. The van der Waals surface area contributed by atoms with Gasteiger partial charge in [0.15, 0.2) is 0 Å². The Hall–Kier alpha value is -3.59. The van der Waals surface area contributed by atoms with Gasteiger partial charge in [0.1, 0.15) is 34.9 Å². The van der Waals surface area contributed by atoms with Crippen LogP contribution in [0.5, 0.6) is 0 Å². The van der Waals surface area contributed by atoms with Crippen molar-refractivity contribution in [1.82, 2.24) is 15.1 Å². The van der Waals surface area contributed by atoms with Crippen LogP contribution in [0.4, 0.5) is 20.3 Å². The van der Waals surface area contributed by atoms with E-state index in [0.717, 1.165) is 6.42 Å². The van der Waals surface area contributed by atoms with Gasteiger partial charge < -0.3 is 14.7 Å². The summed E-state index contributed by atoms with van der Waals surface area (Å²) in [6.45, 7) is 1.10. The Morgan fingerprint density at radius 2 is 1.97 bits per heavy atom. The molecule has 1 atom stereocenters. The fourth-order valence-electron chi connectivity index (χ4n) is 4.02. The van der Waals surface area contributed by atoms with Crippen LogP contribution in [0.1, 0.15) is 12.8 Å². The maximum Gasteiger partial charge on any atom is 0.263 e. The van der Waals surface area contributed by atoms with Gasteiger partial charge in [-0.1, -0.05) is 16.8 Å². The van der Waals surface area contributed by atoms with Gasteiger partial charge in [0.25, 0.3) is 5.71 Å². The number of halogens is 3. The maximum atomic E-state index is 13.4. The number of aromatic nitrogens is 3. The van der Waals surface area contributed by atoms with E-state index in [1.807, 2.05) is 4.90 Å². The number of amides is 1. The van der Waals surface area contributed by atoms with Crippen LogP contribution in [-0.2, 0) is 4.79 Å².